The molecule has 1 saturated heterocycles. The molecular formula is C13H27N3O. The first-order valence-corrected chi connectivity index (χ1v) is 6.66. The first-order valence-electron chi connectivity index (χ1n) is 6.66. The molecule has 0 aromatic carbocycles. The van der Waals surface area contributed by atoms with Crippen LogP contribution in [0.5, 0.6) is 0 Å². The van der Waals surface area contributed by atoms with Crippen molar-refractivity contribution in [1.82, 2.24) is 9.80 Å². The highest BCUT2D eigenvalue weighted by Crippen LogP contribution is 2.18. The van der Waals surface area contributed by atoms with Gasteiger partial charge in [-0.2, -0.15) is 0 Å². The quantitative estimate of drug-likeness (QED) is 0.796. The summed E-state index contributed by atoms with van der Waals surface area (Å²) >= 11 is 0. The van der Waals surface area contributed by atoms with Crippen LogP contribution in [0.3, 0.4) is 0 Å². The number of nitrogens with zero attached hydrogens (tertiary/aromatic N) is 2. The molecule has 2 unspecified atom stereocenters. The molecule has 0 saturated carbocycles. The number of carbonyl (C=O) groups excluding carboxylic acids is 1. The van der Waals surface area contributed by atoms with E-state index >= 15 is 0 Å². The lowest BCUT2D eigenvalue weighted by molar-refractivity contribution is -0.134. The predicted molar refractivity (Wildman–Crippen MR) is 70.7 cm³/mol. The Morgan fingerprint density at radius 1 is 1.47 bits per heavy atom. The van der Waals surface area contributed by atoms with Crippen LogP contribution in [-0.4, -0.2) is 54.5 Å². The van der Waals surface area contributed by atoms with Crippen molar-refractivity contribution in [3.05, 3.63) is 0 Å². The van der Waals surface area contributed by atoms with Crippen LogP contribution in [0.2, 0.25) is 0 Å². The maximum Gasteiger partial charge on any atom is 0.239 e. The summed E-state index contributed by atoms with van der Waals surface area (Å²) in [5, 5.41) is 0. The molecule has 1 amide bonds. The van der Waals surface area contributed by atoms with Crippen molar-refractivity contribution in [3.8, 4) is 0 Å². The largest absolute Gasteiger partial charge is 0.341 e. The third kappa shape index (κ3) is 4.28. The Labute approximate surface area is 105 Å². The van der Waals surface area contributed by atoms with Gasteiger partial charge in [-0.3, -0.25) is 4.79 Å². The van der Waals surface area contributed by atoms with Gasteiger partial charge in [0.25, 0.3) is 0 Å². The first kappa shape index (κ1) is 14.5. The van der Waals surface area contributed by atoms with E-state index in [1.807, 2.05) is 4.90 Å². The van der Waals surface area contributed by atoms with Gasteiger partial charge in [-0.05, 0) is 46.6 Å². The smallest absolute Gasteiger partial charge is 0.239 e. The van der Waals surface area contributed by atoms with E-state index in [9.17, 15) is 4.79 Å². The Bertz CT molecular complexity index is 253. The Hall–Kier alpha value is -0.610. The van der Waals surface area contributed by atoms with Crippen LogP contribution < -0.4 is 5.73 Å². The SMILES string of the molecule is CC(N)C(=O)N1CCCC(CN(C)C(C)C)C1. The molecule has 4 nitrogen and oxygen atoms in total. The third-order valence-corrected chi connectivity index (χ3v) is 3.65. The number of likely N-dealkylation sites (tertiary alicyclic amines) is 1. The van der Waals surface area contributed by atoms with Gasteiger partial charge in [0.1, 0.15) is 0 Å². The molecule has 1 fully saturated rings. The van der Waals surface area contributed by atoms with Gasteiger partial charge >= 0.3 is 0 Å². The number of hydrogen-bond donors (Lipinski definition) is 1. The van der Waals surface area contributed by atoms with Crippen molar-refractivity contribution in [1.29, 1.82) is 0 Å². The van der Waals surface area contributed by atoms with Crippen molar-refractivity contribution < 1.29 is 4.79 Å². The Kier molecular flexibility index (Phi) is 5.40. The van der Waals surface area contributed by atoms with E-state index in [0.29, 0.717) is 12.0 Å². The minimum atomic E-state index is -0.364. The van der Waals surface area contributed by atoms with Gasteiger partial charge in [-0.15, -0.1) is 0 Å². The second-order valence-electron chi connectivity index (χ2n) is 5.61. The number of carbonyl (C=O) groups is 1. The van der Waals surface area contributed by atoms with Gasteiger partial charge in [0.2, 0.25) is 5.91 Å². The monoisotopic (exact) mass is 241 g/mol. The molecular weight excluding hydrogens is 214 g/mol. The molecule has 17 heavy (non-hydrogen) atoms. The lowest BCUT2D eigenvalue weighted by Crippen LogP contribution is -2.48. The average Bonchev–Trinajstić information content (AvgIpc) is 2.28. The standard InChI is InChI=1S/C13H27N3O/c1-10(2)15(4)8-12-6-5-7-16(9-12)13(17)11(3)14/h10-12H,5-9,14H2,1-4H3. The maximum absolute atomic E-state index is 11.9. The van der Waals surface area contributed by atoms with E-state index in [1.54, 1.807) is 6.92 Å². The summed E-state index contributed by atoms with van der Waals surface area (Å²) in [6.07, 6.45) is 2.33. The van der Waals surface area contributed by atoms with Crippen LogP contribution in [0, 0.1) is 5.92 Å². The molecule has 0 aliphatic carbocycles. The number of rotatable bonds is 4. The van der Waals surface area contributed by atoms with E-state index in [0.717, 1.165) is 26.1 Å². The fraction of sp³-hybridized carbons (Fsp3) is 0.923. The molecule has 0 aromatic heterocycles. The normalized spacial score (nSPS) is 23.2. The van der Waals surface area contributed by atoms with Crippen molar-refractivity contribution in [2.75, 3.05) is 26.7 Å². The summed E-state index contributed by atoms with van der Waals surface area (Å²) in [4.78, 5) is 16.1. The zero-order chi connectivity index (χ0) is 13.0. The Morgan fingerprint density at radius 3 is 2.65 bits per heavy atom. The lowest BCUT2D eigenvalue weighted by Gasteiger charge is -2.36. The zero-order valence-corrected chi connectivity index (χ0v) is 11.6. The number of piperidine rings is 1. The van der Waals surface area contributed by atoms with Crippen LogP contribution in [0.15, 0.2) is 0 Å². The topological polar surface area (TPSA) is 49.6 Å². The molecule has 2 N–H and O–H groups in total. The summed E-state index contributed by atoms with van der Waals surface area (Å²) in [6, 6.07) is 0.200. The van der Waals surface area contributed by atoms with E-state index in [-0.39, 0.29) is 11.9 Å². The van der Waals surface area contributed by atoms with E-state index in [1.165, 1.54) is 6.42 Å². The molecule has 1 aliphatic rings. The van der Waals surface area contributed by atoms with Gasteiger partial charge in [0.15, 0.2) is 0 Å². The first-order chi connectivity index (χ1) is 7.91. The van der Waals surface area contributed by atoms with E-state index < -0.39 is 0 Å². The lowest BCUT2D eigenvalue weighted by atomic mass is 9.96. The minimum Gasteiger partial charge on any atom is -0.341 e. The van der Waals surface area contributed by atoms with Gasteiger partial charge in [-0.25, -0.2) is 0 Å². The molecule has 0 aromatic rings. The van der Waals surface area contributed by atoms with Crippen LogP contribution in [0.1, 0.15) is 33.6 Å². The van der Waals surface area contributed by atoms with Crippen molar-refractivity contribution in [2.45, 2.75) is 45.7 Å². The molecule has 4 heteroatoms. The fourth-order valence-corrected chi connectivity index (χ4v) is 2.32. The summed E-state index contributed by atoms with van der Waals surface area (Å²) in [5.41, 5.74) is 5.66. The van der Waals surface area contributed by atoms with E-state index in [4.69, 9.17) is 5.73 Å². The molecule has 0 bridgehead atoms. The summed E-state index contributed by atoms with van der Waals surface area (Å²) in [7, 11) is 2.15. The maximum atomic E-state index is 11.9. The minimum absolute atomic E-state index is 0.0990. The number of amides is 1. The highest BCUT2D eigenvalue weighted by Gasteiger charge is 2.26. The average molecular weight is 241 g/mol. The van der Waals surface area contributed by atoms with Crippen molar-refractivity contribution >= 4 is 5.91 Å². The molecule has 100 valence electrons. The Balaban J connectivity index is 2.46. The van der Waals surface area contributed by atoms with Crippen LogP contribution in [0.25, 0.3) is 0 Å². The molecule has 1 rings (SSSR count). The third-order valence-electron chi connectivity index (χ3n) is 3.65. The fourth-order valence-electron chi connectivity index (χ4n) is 2.32. The second kappa shape index (κ2) is 6.36. The van der Waals surface area contributed by atoms with Gasteiger partial charge in [0, 0.05) is 25.7 Å². The highest BCUT2D eigenvalue weighted by molar-refractivity contribution is 5.81. The Morgan fingerprint density at radius 2 is 2.12 bits per heavy atom. The van der Waals surface area contributed by atoms with Gasteiger partial charge in [-0.1, -0.05) is 0 Å². The predicted octanol–water partition coefficient (Wildman–Crippen LogP) is 0.912. The summed E-state index contributed by atoms with van der Waals surface area (Å²) in [5.74, 6) is 0.695. The van der Waals surface area contributed by atoms with Gasteiger partial charge in [0.05, 0.1) is 6.04 Å². The highest BCUT2D eigenvalue weighted by atomic mass is 16.2. The van der Waals surface area contributed by atoms with Crippen molar-refractivity contribution in [3.63, 3.8) is 0 Å². The molecule has 1 aliphatic heterocycles. The molecule has 1 heterocycles. The van der Waals surface area contributed by atoms with E-state index in [2.05, 4.69) is 25.8 Å². The number of nitrogens with two attached hydrogens (primary N) is 1. The van der Waals surface area contributed by atoms with Crippen LogP contribution in [-0.2, 0) is 4.79 Å². The van der Waals surface area contributed by atoms with Crippen LogP contribution >= 0.6 is 0 Å². The summed E-state index contributed by atoms with van der Waals surface area (Å²) in [6.45, 7) is 8.99. The number of hydrogen-bond acceptors (Lipinski definition) is 3. The summed E-state index contributed by atoms with van der Waals surface area (Å²) < 4.78 is 0. The molecule has 0 spiro atoms. The molecule has 2 atom stereocenters. The van der Waals surface area contributed by atoms with Gasteiger partial charge < -0.3 is 15.5 Å². The van der Waals surface area contributed by atoms with Crippen molar-refractivity contribution in [2.24, 2.45) is 11.7 Å². The van der Waals surface area contributed by atoms with Crippen LogP contribution in [0.4, 0.5) is 0 Å². The molecule has 0 radical (unpaired) electrons. The second-order valence-corrected chi connectivity index (χ2v) is 5.61. The zero-order valence-electron chi connectivity index (χ0n) is 11.6.